The molecule has 0 bridgehead atoms. The van der Waals surface area contributed by atoms with Gasteiger partial charge < -0.3 is 15.7 Å². The molecule has 26 heavy (non-hydrogen) atoms. The molecule has 2 aromatic rings. The monoisotopic (exact) mass is 352 g/mol. The Labute approximate surface area is 151 Å². The molecule has 1 atom stereocenters. The van der Waals surface area contributed by atoms with Gasteiger partial charge in [0.1, 0.15) is 0 Å². The van der Waals surface area contributed by atoms with E-state index in [9.17, 15) is 14.4 Å². The largest absolute Gasteiger partial charge is 0.481 e. The van der Waals surface area contributed by atoms with Crippen LogP contribution in [-0.2, 0) is 9.59 Å². The van der Waals surface area contributed by atoms with E-state index < -0.39 is 11.9 Å². The summed E-state index contributed by atoms with van der Waals surface area (Å²) < 4.78 is 0. The summed E-state index contributed by atoms with van der Waals surface area (Å²) in [5.41, 5.74) is 2.13. The van der Waals surface area contributed by atoms with Crippen LogP contribution in [0.5, 0.6) is 0 Å². The summed E-state index contributed by atoms with van der Waals surface area (Å²) >= 11 is 0. The minimum absolute atomic E-state index is 0.0158. The van der Waals surface area contributed by atoms with Gasteiger partial charge in [0.15, 0.2) is 0 Å². The summed E-state index contributed by atoms with van der Waals surface area (Å²) in [5.74, 6) is -1.84. The molecule has 3 N–H and O–H groups in total. The van der Waals surface area contributed by atoms with Crippen LogP contribution in [0.1, 0.15) is 41.6 Å². The number of carboxylic acids is 1. The summed E-state index contributed by atoms with van der Waals surface area (Å²) in [7, 11) is 0. The van der Waals surface area contributed by atoms with Crippen molar-refractivity contribution in [2.24, 2.45) is 5.92 Å². The predicted octanol–water partition coefficient (Wildman–Crippen LogP) is 3.48. The van der Waals surface area contributed by atoms with E-state index in [0.717, 1.165) is 12.8 Å². The van der Waals surface area contributed by atoms with Crippen molar-refractivity contribution < 1.29 is 19.5 Å². The van der Waals surface area contributed by atoms with Gasteiger partial charge in [-0.25, -0.2) is 0 Å². The van der Waals surface area contributed by atoms with Crippen LogP contribution in [0.3, 0.4) is 0 Å². The zero-order chi connectivity index (χ0) is 18.7. The van der Waals surface area contributed by atoms with E-state index in [2.05, 4.69) is 10.6 Å². The molecule has 1 saturated carbocycles. The van der Waals surface area contributed by atoms with E-state index in [1.807, 2.05) is 0 Å². The van der Waals surface area contributed by atoms with Crippen LogP contribution in [0.2, 0.25) is 0 Å². The number of amides is 2. The van der Waals surface area contributed by atoms with Gasteiger partial charge in [-0.05, 0) is 55.7 Å². The highest BCUT2D eigenvalue weighted by Gasteiger charge is 2.29. The van der Waals surface area contributed by atoms with Crippen molar-refractivity contribution in [1.29, 1.82) is 0 Å². The molecule has 1 aliphatic rings. The van der Waals surface area contributed by atoms with E-state index in [1.54, 1.807) is 55.5 Å². The van der Waals surface area contributed by atoms with E-state index in [1.165, 1.54) is 0 Å². The maximum Gasteiger partial charge on any atom is 0.310 e. The number of rotatable bonds is 6. The quantitative estimate of drug-likeness (QED) is 0.742. The second-order valence-corrected chi connectivity index (χ2v) is 6.48. The molecule has 0 spiro atoms. The number of carboxylic acid groups (broad SMARTS) is 1. The highest BCUT2D eigenvalue weighted by Crippen LogP contribution is 2.30. The fraction of sp³-hybridized carbons (Fsp3) is 0.250. The molecule has 0 heterocycles. The molecule has 1 unspecified atom stereocenters. The molecular weight excluding hydrogens is 332 g/mol. The Morgan fingerprint density at radius 3 is 2.31 bits per heavy atom. The van der Waals surface area contributed by atoms with Crippen LogP contribution in [0.4, 0.5) is 11.4 Å². The molecule has 1 aliphatic carbocycles. The van der Waals surface area contributed by atoms with Gasteiger partial charge in [0.2, 0.25) is 5.91 Å². The second-order valence-electron chi connectivity index (χ2n) is 6.48. The summed E-state index contributed by atoms with van der Waals surface area (Å²) in [6, 6.07) is 13.5. The number of nitrogens with one attached hydrogen (secondary N) is 2. The Hall–Kier alpha value is -3.15. The van der Waals surface area contributed by atoms with Gasteiger partial charge in [0, 0.05) is 22.9 Å². The molecule has 134 valence electrons. The van der Waals surface area contributed by atoms with Crippen LogP contribution in [0, 0.1) is 5.92 Å². The third-order valence-electron chi connectivity index (χ3n) is 4.36. The molecule has 3 rings (SSSR count). The highest BCUT2D eigenvalue weighted by atomic mass is 16.4. The Morgan fingerprint density at radius 2 is 1.65 bits per heavy atom. The molecule has 0 aliphatic heterocycles. The van der Waals surface area contributed by atoms with Gasteiger partial charge in [-0.1, -0.05) is 18.2 Å². The van der Waals surface area contributed by atoms with Crippen LogP contribution >= 0.6 is 0 Å². The number of carbonyl (C=O) groups excluding carboxylic acids is 2. The molecule has 6 heteroatoms. The number of hydrogen-bond acceptors (Lipinski definition) is 3. The van der Waals surface area contributed by atoms with Crippen LogP contribution in [-0.4, -0.2) is 22.9 Å². The standard InChI is InChI=1S/C20H20N2O4/c1-12(20(25)26)14-4-2-6-16(10-14)22-19(24)15-5-3-7-17(11-15)21-18(23)13-8-9-13/h2-7,10-13H,8-9H2,1H3,(H,21,23)(H,22,24)(H,25,26). The van der Waals surface area contributed by atoms with E-state index in [0.29, 0.717) is 22.5 Å². The van der Waals surface area contributed by atoms with Gasteiger partial charge in [0.25, 0.3) is 5.91 Å². The van der Waals surface area contributed by atoms with Crippen molar-refractivity contribution in [1.82, 2.24) is 0 Å². The molecule has 0 radical (unpaired) electrons. The summed E-state index contributed by atoms with van der Waals surface area (Å²) in [5, 5.41) is 14.7. The van der Waals surface area contributed by atoms with E-state index in [-0.39, 0.29) is 17.7 Å². The molecule has 2 aromatic carbocycles. The van der Waals surface area contributed by atoms with Gasteiger partial charge in [0.05, 0.1) is 5.92 Å². The number of anilines is 2. The Kier molecular flexibility index (Phi) is 5.02. The lowest BCUT2D eigenvalue weighted by Gasteiger charge is -2.11. The van der Waals surface area contributed by atoms with Gasteiger partial charge >= 0.3 is 5.97 Å². The predicted molar refractivity (Wildman–Crippen MR) is 98.2 cm³/mol. The Balaban J connectivity index is 1.71. The number of carbonyl (C=O) groups is 3. The lowest BCUT2D eigenvalue weighted by atomic mass is 10.0. The van der Waals surface area contributed by atoms with Crippen molar-refractivity contribution >= 4 is 29.2 Å². The number of aliphatic carboxylic acids is 1. The lowest BCUT2D eigenvalue weighted by Crippen LogP contribution is -2.15. The van der Waals surface area contributed by atoms with Crippen molar-refractivity contribution in [3.8, 4) is 0 Å². The van der Waals surface area contributed by atoms with Gasteiger partial charge in [-0.2, -0.15) is 0 Å². The topological polar surface area (TPSA) is 95.5 Å². The van der Waals surface area contributed by atoms with Crippen molar-refractivity contribution in [3.05, 3.63) is 59.7 Å². The third-order valence-corrected chi connectivity index (χ3v) is 4.36. The fourth-order valence-electron chi connectivity index (χ4n) is 2.56. The molecule has 0 aromatic heterocycles. The molecule has 1 fully saturated rings. The zero-order valence-electron chi connectivity index (χ0n) is 14.4. The molecule has 0 saturated heterocycles. The molecular formula is C20H20N2O4. The normalized spacial score (nSPS) is 14.3. The average molecular weight is 352 g/mol. The molecule has 6 nitrogen and oxygen atoms in total. The van der Waals surface area contributed by atoms with Crippen LogP contribution in [0.25, 0.3) is 0 Å². The SMILES string of the molecule is CC(C(=O)O)c1cccc(NC(=O)c2cccc(NC(=O)C3CC3)c2)c1. The fourth-order valence-corrected chi connectivity index (χ4v) is 2.56. The van der Waals surface area contributed by atoms with Gasteiger partial charge in [-0.3, -0.25) is 14.4 Å². The first-order valence-corrected chi connectivity index (χ1v) is 8.49. The second kappa shape index (κ2) is 7.39. The first kappa shape index (κ1) is 17.7. The van der Waals surface area contributed by atoms with E-state index in [4.69, 9.17) is 5.11 Å². The minimum atomic E-state index is -0.924. The lowest BCUT2D eigenvalue weighted by molar-refractivity contribution is -0.138. The maximum atomic E-state index is 12.5. The highest BCUT2D eigenvalue weighted by molar-refractivity contribution is 6.05. The Bertz CT molecular complexity index is 858. The van der Waals surface area contributed by atoms with Crippen LogP contribution in [0.15, 0.2) is 48.5 Å². The summed E-state index contributed by atoms with van der Waals surface area (Å²) in [4.78, 5) is 35.4. The smallest absolute Gasteiger partial charge is 0.310 e. The maximum absolute atomic E-state index is 12.5. The van der Waals surface area contributed by atoms with Crippen LogP contribution < -0.4 is 10.6 Å². The first-order valence-electron chi connectivity index (χ1n) is 8.49. The van der Waals surface area contributed by atoms with Gasteiger partial charge in [-0.15, -0.1) is 0 Å². The van der Waals surface area contributed by atoms with Crippen molar-refractivity contribution in [3.63, 3.8) is 0 Å². The summed E-state index contributed by atoms with van der Waals surface area (Å²) in [6.07, 6.45) is 1.83. The first-order chi connectivity index (χ1) is 12.4. The summed E-state index contributed by atoms with van der Waals surface area (Å²) in [6.45, 7) is 1.59. The molecule has 2 amide bonds. The third kappa shape index (κ3) is 4.27. The zero-order valence-corrected chi connectivity index (χ0v) is 14.4. The number of hydrogen-bond donors (Lipinski definition) is 3. The van der Waals surface area contributed by atoms with Crippen molar-refractivity contribution in [2.45, 2.75) is 25.7 Å². The number of benzene rings is 2. The van der Waals surface area contributed by atoms with Crippen molar-refractivity contribution in [2.75, 3.05) is 10.6 Å². The minimum Gasteiger partial charge on any atom is -0.481 e. The average Bonchev–Trinajstić information content (AvgIpc) is 3.46. The Morgan fingerprint density at radius 1 is 1.00 bits per heavy atom. The van der Waals surface area contributed by atoms with E-state index >= 15 is 0 Å².